The van der Waals surface area contributed by atoms with Crippen LogP contribution in [0.15, 0.2) is 12.3 Å². The lowest BCUT2D eigenvalue weighted by Gasteiger charge is -2.05. The Morgan fingerprint density at radius 3 is 2.73 bits per heavy atom. The molecule has 15 heavy (non-hydrogen) atoms. The molecule has 0 aliphatic rings. The second-order valence-electron chi connectivity index (χ2n) is 3.08. The average molecular weight is 233 g/mol. The van der Waals surface area contributed by atoms with Gasteiger partial charge in [0.1, 0.15) is 0 Å². The Kier molecular flexibility index (Phi) is 2.07. The Morgan fingerprint density at radius 2 is 2.13 bits per heavy atom. The molecule has 0 aromatic carbocycles. The van der Waals surface area contributed by atoms with Crippen LogP contribution in [0.3, 0.4) is 0 Å². The summed E-state index contributed by atoms with van der Waals surface area (Å²) in [6.07, 6.45) is -3.59. The van der Waals surface area contributed by atoms with E-state index in [-0.39, 0.29) is 5.52 Å². The summed E-state index contributed by atoms with van der Waals surface area (Å²) in [6, 6.07) is 0.998. The molecule has 0 saturated heterocycles. The third-order valence-electron chi connectivity index (χ3n) is 2.06. The van der Waals surface area contributed by atoms with Crippen molar-refractivity contribution in [3.63, 3.8) is 0 Å². The summed E-state index contributed by atoms with van der Waals surface area (Å²) in [7, 11) is 1.64. The van der Waals surface area contributed by atoms with E-state index in [0.717, 1.165) is 12.3 Å². The molecule has 0 saturated carbocycles. The third-order valence-corrected chi connectivity index (χ3v) is 2.43. The number of hydrogen-bond acceptors (Lipinski definition) is 2. The lowest BCUT2D eigenvalue weighted by molar-refractivity contribution is -0.137. The second kappa shape index (κ2) is 3.06. The summed E-state index contributed by atoms with van der Waals surface area (Å²) >= 11 is 4.88. The normalized spacial score (nSPS) is 12.3. The number of imidazole rings is 1. The topological polar surface area (TPSA) is 33.6 Å². The van der Waals surface area contributed by atoms with Crippen molar-refractivity contribution in [2.24, 2.45) is 7.05 Å². The van der Waals surface area contributed by atoms with Gasteiger partial charge < -0.3 is 9.55 Å². The lowest BCUT2D eigenvalue weighted by Crippen LogP contribution is -2.05. The number of rotatable bonds is 0. The van der Waals surface area contributed by atoms with Crippen LogP contribution in [-0.2, 0) is 13.2 Å². The molecule has 80 valence electrons. The van der Waals surface area contributed by atoms with Gasteiger partial charge in [-0.25, -0.2) is 4.98 Å². The minimum absolute atomic E-state index is 0.289. The van der Waals surface area contributed by atoms with Gasteiger partial charge in [0, 0.05) is 13.2 Å². The summed E-state index contributed by atoms with van der Waals surface area (Å²) < 4.78 is 38.9. The predicted molar refractivity (Wildman–Crippen MR) is 50.9 cm³/mol. The maximum Gasteiger partial charge on any atom is 0.417 e. The fourth-order valence-electron chi connectivity index (χ4n) is 1.27. The van der Waals surface area contributed by atoms with Gasteiger partial charge in [-0.15, -0.1) is 0 Å². The molecule has 1 N–H and O–H groups in total. The molecule has 2 heterocycles. The SMILES string of the molecule is Cn1c(=S)[nH]c2cc(C(F)(F)F)cnc21. The predicted octanol–water partition coefficient (Wildman–Crippen LogP) is 2.65. The van der Waals surface area contributed by atoms with Crippen molar-refractivity contribution in [2.75, 3.05) is 0 Å². The van der Waals surface area contributed by atoms with Gasteiger partial charge in [-0.05, 0) is 18.3 Å². The zero-order chi connectivity index (χ0) is 11.2. The number of hydrogen-bond donors (Lipinski definition) is 1. The van der Waals surface area contributed by atoms with E-state index in [0.29, 0.717) is 10.4 Å². The standard InChI is InChI=1S/C8H6F3N3S/c1-14-6-5(13-7(14)15)2-4(3-12-6)8(9,10)11/h2-3H,1H3,(H,13,15). The Labute approximate surface area is 87.6 Å². The van der Waals surface area contributed by atoms with Gasteiger partial charge in [0.2, 0.25) is 0 Å². The van der Waals surface area contributed by atoms with Crippen LogP contribution in [0.1, 0.15) is 5.56 Å². The maximum absolute atomic E-state index is 12.3. The van der Waals surface area contributed by atoms with Gasteiger partial charge in [-0.1, -0.05) is 0 Å². The van der Waals surface area contributed by atoms with Crippen LogP contribution in [0, 0.1) is 4.77 Å². The number of aromatic nitrogens is 3. The molecule has 3 nitrogen and oxygen atoms in total. The van der Waals surface area contributed by atoms with Gasteiger partial charge in [0.15, 0.2) is 10.4 Å². The van der Waals surface area contributed by atoms with Crippen LogP contribution in [0.5, 0.6) is 0 Å². The summed E-state index contributed by atoms with van der Waals surface area (Å²) in [5.41, 5.74) is -0.0859. The Hall–Kier alpha value is -1.37. The highest BCUT2D eigenvalue weighted by Gasteiger charge is 2.31. The van der Waals surface area contributed by atoms with Gasteiger partial charge >= 0.3 is 6.18 Å². The van der Waals surface area contributed by atoms with Crippen LogP contribution in [0.4, 0.5) is 13.2 Å². The number of alkyl halides is 3. The average Bonchev–Trinajstić information content (AvgIpc) is 2.41. The van der Waals surface area contributed by atoms with E-state index < -0.39 is 11.7 Å². The molecule has 2 aromatic heterocycles. The summed E-state index contributed by atoms with van der Waals surface area (Å²) in [5, 5.41) is 0. The molecule has 0 radical (unpaired) electrons. The number of nitrogens with one attached hydrogen (secondary N) is 1. The van der Waals surface area contributed by atoms with Crippen LogP contribution < -0.4 is 0 Å². The van der Waals surface area contributed by atoms with Crippen LogP contribution in [-0.4, -0.2) is 14.5 Å². The molecule has 0 amide bonds. The third kappa shape index (κ3) is 1.63. The summed E-state index contributed by atoms with van der Waals surface area (Å²) in [4.78, 5) is 6.37. The lowest BCUT2D eigenvalue weighted by atomic mass is 10.2. The van der Waals surface area contributed by atoms with Crippen molar-refractivity contribution in [3.05, 3.63) is 22.6 Å². The molecule has 0 aliphatic heterocycles. The van der Waals surface area contributed by atoms with E-state index in [4.69, 9.17) is 12.2 Å². The number of fused-ring (bicyclic) bond motifs is 1. The zero-order valence-corrected chi connectivity index (χ0v) is 8.41. The summed E-state index contributed by atoms with van der Waals surface area (Å²) in [6.45, 7) is 0. The van der Waals surface area contributed by atoms with Crippen molar-refractivity contribution in [1.82, 2.24) is 14.5 Å². The number of halogens is 3. The van der Waals surface area contributed by atoms with E-state index in [1.165, 1.54) is 4.57 Å². The first-order valence-electron chi connectivity index (χ1n) is 4.01. The number of aromatic amines is 1. The van der Waals surface area contributed by atoms with E-state index in [9.17, 15) is 13.2 Å². The monoisotopic (exact) mass is 233 g/mol. The number of pyridine rings is 1. The molecule has 0 fully saturated rings. The van der Waals surface area contributed by atoms with E-state index in [2.05, 4.69) is 9.97 Å². The largest absolute Gasteiger partial charge is 0.417 e. The highest BCUT2D eigenvalue weighted by atomic mass is 32.1. The van der Waals surface area contributed by atoms with E-state index in [1.54, 1.807) is 7.05 Å². The quantitative estimate of drug-likeness (QED) is 0.710. The molecule has 0 atom stereocenters. The van der Waals surface area contributed by atoms with Gasteiger partial charge in [0.05, 0.1) is 11.1 Å². The van der Waals surface area contributed by atoms with Crippen LogP contribution in [0.2, 0.25) is 0 Å². The molecule has 0 spiro atoms. The Morgan fingerprint density at radius 1 is 1.47 bits per heavy atom. The molecular weight excluding hydrogens is 227 g/mol. The minimum atomic E-state index is -4.38. The molecule has 2 rings (SSSR count). The first-order chi connectivity index (χ1) is 6.89. The number of H-pyrrole nitrogens is 1. The van der Waals surface area contributed by atoms with Gasteiger partial charge in [-0.3, -0.25) is 0 Å². The molecule has 0 bridgehead atoms. The van der Waals surface area contributed by atoms with E-state index >= 15 is 0 Å². The zero-order valence-electron chi connectivity index (χ0n) is 7.59. The molecule has 0 aliphatic carbocycles. The van der Waals surface area contributed by atoms with Crippen molar-refractivity contribution < 1.29 is 13.2 Å². The van der Waals surface area contributed by atoms with Crippen LogP contribution in [0.25, 0.3) is 11.2 Å². The summed E-state index contributed by atoms with van der Waals surface area (Å²) in [5.74, 6) is 0. The van der Waals surface area contributed by atoms with Crippen molar-refractivity contribution in [3.8, 4) is 0 Å². The molecule has 0 unspecified atom stereocenters. The first kappa shape index (κ1) is 10.2. The smallest absolute Gasteiger partial charge is 0.329 e. The first-order valence-corrected chi connectivity index (χ1v) is 4.42. The fourth-order valence-corrected chi connectivity index (χ4v) is 1.46. The minimum Gasteiger partial charge on any atom is -0.329 e. The van der Waals surface area contributed by atoms with Gasteiger partial charge in [-0.2, -0.15) is 13.2 Å². The van der Waals surface area contributed by atoms with Crippen molar-refractivity contribution >= 4 is 23.4 Å². The second-order valence-corrected chi connectivity index (χ2v) is 3.47. The highest BCUT2D eigenvalue weighted by molar-refractivity contribution is 7.71. The van der Waals surface area contributed by atoms with Crippen molar-refractivity contribution in [1.29, 1.82) is 0 Å². The molecular formula is C8H6F3N3S. The number of nitrogens with zero attached hydrogens (tertiary/aromatic N) is 2. The van der Waals surface area contributed by atoms with Crippen LogP contribution >= 0.6 is 12.2 Å². The van der Waals surface area contributed by atoms with Crippen molar-refractivity contribution in [2.45, 2.75) is 6.18 Å². The highest BCUT2D eigenvalue weighted by Crippen LogP contribution is 2.29. The maximum atomic E-state index is 12.3. The van der Waals surface area contributed by atoms with E-state index in [1.807, 2.05) is 0 Å². The Bertz CT molecular complexity index is 566. The Balaban J connectivity index is 2.73. The fraction of sp³-hybridized carbons (Fsp3) is 0.250. The number of aryl methyl sites for hydroxylation is 1. The molecule has 2 aromatic rings. The molecule has 7 heteroatoms. The van der Waals surface area contributed by atoms with Gasteiger partial charge in [0.25, 0.3) is 0 Å².